The summed E-state index contributed by atoms with van der Waals surface area (Å²) < 4.78 is 0. The highest BCUT2D eigenvalue weighted by molar-refractivity contribution is 5.98. The van der Waals surface area contributed by atoms with Crippen LogP contribution < -0.4 is 0 Å². The standard InChI is InChI=1S/C28H42O2/c1-17(2)18(3)7-8-19(4)22-9-10-23-21-16-26(30)25-15-20(29)11-13-28(25,6)24(21)12-14-27(22,23)5/h7-8,16-19,22-25H,9-15H2,1-6H3/b8-7+/t18-,19+,22+,23-,24-,25+,27+,28+/m0/s1. The topological polar surface area (TPSA) is 34.1 Å². The van der Waals surface area contributed by atoms with E-state index in [1.165, 1.54) is 31.3 Å². The average molecular weight is 411 g/mol. The fraction of sp³-hybridized carbons (Fsp3) is 0.786. The molecule has 0 aromatic rings. The Labute approximate surface area is 184 Å². The molecule has 3 saturated carbocycles. The van der Waals surface area contributed by atoms with E-state index in [0.717, 1.165) is 6.42 Å². The highest BCUT2D eigenvalue weighted by Gasteiger charge is 2.59. The number of ketones is 2. The lowest BCUT2D eigenvalue weighted by Crippen LogP contribution is -2.52. The lowest BCUT2D eigenvalue weighted by molar-refractivity contribution is -0.138. The van der Waals surface area contributed by atoms with Gasteiger partial charge in [0.05, 0.1) is 0 Å². The second kappa shape index (κ2) is 7.75. The Kier molecular flexibility index (Phi) is 5.69. The Bertz CT molecular complexity index is 774. The lowest BCUT2D eigenvalue weighted by atomic mass is 9.47. The van der Waals surface area contributed by atoms with Crippen molar-refractivity contribution in [3.63, 3.8) is 0 Å². The van der Waals surface area contributed by atoms with Crippen LogP contribution in [-0.4, -0.2) is 11.6 Å². The summed E-state index contributed by atoms with van der Waals surface area (Å²) in [5.74, 6) is 4.15. The van der Waals surface area contributed by atoms with Crippen molar-refractivity contribution < 1.29 is 9.59 Å². The van der Waals surface area contributed by atoms with Crippen LogP contribution in [0.1, 0.15) is 86.5 Å². The number of carbonyl (C=O) groups is 2. The van der Waals surface area contributed by atoms with E-state index < -0.39 is 0 Å². The van der Waals surface area contributed by atoms with E-state index in [9.17, 15) is 9.59 Å². The van der Waals surface area contributed by atoms with Crippen LogP contribution >= 0.6 is 0 Å². The summed E-state index contributed by atoms with van der Waals surface area (Å²) in [7, 11) is 0. The summed E-state index contributed by atoms with van der Waals surface area (Å²) in [6, 6.07) is 0. The molecule has 4 aliphatic carbocycles. The quantitative estimate of drug-likeness (QED) is 0.478. The van der Waals surface area contributed by atoms with Crippen molar-refractivity contribution in [2.75, 3.05) is 0 Å². The first-order valence-corrected chi connectivity index (χ1v) is 12.5. The number of Topliss-reactive ketones (excluding diaryl/α,β-unsaturated/α-hetero) is 1. The van der Waals surface area contributed by atoms with E-state index in [0.29, 0.717) is 59.5 Å². The SMILES string of the molecule is CC(C)[C@@H](C)/C=C/[C@@H](C)[C@H]1CC[C@H]2C3=CC(=O)[C@H]4CC(=O)CC[C@]4(C)[C@H]3CC[C@]12C. The minimum atomic E-state index is -0.0616. The van der Waals surface area contributed by atoms with Crippen molar-refractivity contribution in [1.29, 1.82) is 0 Å². The van der Waals surface area contributed by atoms with E-state index >= 15 is 0 Å². The van der Waals surface area contributed by atoms with Crippen LogP contribution in [0.15, 0.2) is 23.8 Å². The smallest absolute Gasteiger partial charge is 0.159 e. The van der Waals surface area contributed by atoms with Gasteiger partial charge in [0.1, 0.15) is 5.78 Å². The molecule has 0 radical (unpaired) electrons. The van der Waals surface area contributed by atoms with Crippen molar-refractivity contribution in [3.8, 4) is 0 Å². The molecule has 0 spiro atoms. The number of hydrogen-bond acceptors (Lipinski definition) is 2. The molecule has 0 aromatic carbocycles. The molecule has 4 rings (SSSR count). The van der Waals surface area contributed by atoms with Gasteiger partial charge in [-0.2, -0.15) is 0 Å². The van der Waals surface area contributed by atoms with Gasteiger partial charge < -0.3 is 0 Å². The predicted octanol–water partition coefficient (Wildman–Crippen LogP) is 6.80. The van der Waals surface area contributed by atoms with Crippen molar-refractivity contribution in [1.82, 2.24) is 0 Å². The van der Waals surface area contributed by atoms with E-state index in [-0.39, 0.29) is 17.1 Å². The van der Waals surface area contributed by atoms with Crippen LogP contribution in [0.5, 0.6) is 0 Å². The number of allylic oxidation sites excluding steroid dienone is 4. The number of hydrogen-bond donors (Lipinski definition) is 0. The van der Waals surface area contributed by atoms with E-state index in [1.807, 2.05) is 6.08 Å². The fourth-order valence-corrected chi connectivity index (χ4v) is 7.77. The Morgan fingerprint density at radius 3 is 2.30 bits per heavy atom. The van der Waals surface area contributed by atoms with Crippen molar-refractivity contribution in [2.45, 2.75) is 86.5 Å². The molecule has 0 unspecified atom stereocenters. The second-order valence-corrected chi connectivity index (χ2v) is 12.0. The first-order valence-electron chi connectivity index (χ1n) is 12.5. The van der Waals surface area contributed by atoms with E-state index in [1.54, 1.807) is 0 Å². The van der Waals surface area contributed by atoms with Crippen LogP contribution in [0.4, 0.5) is 0 Å². The van der Waals surface area contributed by atoms with Crippen LogP contribution in [0.25, 0.3) is 0 Å². The summed E-state index contributed by atoms with van der Waals surface area (Å²) in [6.45, 7) is 14.2. The molecule has 0 aliphatic heterocycles. The number of carbonyl (C=O) groups excluding carboxylic acids is 2. The van der Waals surface area contributed by atoms with Crippen molar-refractivity contribution in [2.24, 2.45) is 52.3 Å². The summed E-state index contributed by atoms with van der Waals surface area (Å²) in [6.07, 6.45) is 14.0. The highest BCUT2D eigenvalue weighted by atomic mass is 16.1. The molecule has 0 N–H and O–H groups in total. The maximum atomic E-state index is 13.1. The molecule has 30 heavy (non-hydrogen) atoms. The molecule has 0 bridgehead atoms. The molecule has 2 nitrogen and oxygen atoms in total. The maximum Gasteiger partial charge on any atom is 0.159 e. The molecule has 0 aromatic heterocycles. The average Bonchev–Trinajstić information content (AvgIpc) is 3.04. The Morgan fingerprint density at radius 2 is 1.60 bits per heavy atom. The van der Waals surface area contributed by atoms with Gasteiger partial charge in [0.2, 0.25) is 0 Å². The van der Waals surface area contributed by atoms with Crippen LogP contribution in [0.3, 0.4) is 0 Å². The van der Waals surface area contributed by atoms with Crippen molar-refractivity contribution in [3.05, 3.63) is 23.8 Å². The lowest BCUT2D eigenvalue weighted by Gasteiger charge is -2.56. The maximum absolute atomic E-state index is 13.1. The summed E-state index contributed by atoms with van der Waals surface area (Å²) in [5.41, 5.74) is 1.78. The zero-order valence-corrected chi connectivity index (χ0v) is 20.0. The van der Waals surface area contributed by atoms with Gasteiger partial charge in [-0.05, 0) is 84.5 Å². The Morgan fingerprint density at radius 1 is 0.900 bits per heavy atom. The van der Waals surface area contributed by atoms with Crippen LogP contribution in [0, 0.1) is 52.3 Å². The largest absolute Gasteiger partial charge is 0.300 e. The van der Waals surface area contributed by atoms with Gasteiger partial charge >= 0.3 is 0 Å². The third kappa shape index (κ3) is 3.37. The first-order chi connectivity index (χ1) is 14.1. The molecule has 0 amide bonds. The molecule has 8 atom stereocenters. The van der Waals surface area contributed by atoms with Gasteiger partial charge in [-0.25, -0.2) is 0 Å². The van der Waals surface area contributed by atoms with Crippen LogP contribution in [0.2, 0.25) is 0 Å². The van der Waals surface area contributed by atoms with E-state index in [4.69, 9.17) is 0 Å². The molecule has 2 heteroatoms. The predicted molar refractivity (Wildman–Crippen MR) is 123 cm³/mol. The highest BCUT2D eigenvalue weighted by Crippen LogP contribution is 2.66. The minimum Gasteiger partial charge on any atom is -0.300 e. The third-order valence-corrected chi connectivity index (χ3v) is 10.2. The molecule has 0 heterocycles. The number of fused-ring (bicyclic) bond motifs is 5. The molecular formula is C28H42O2. The molecule has 3 fully saturated rings. The minimum absolute atomic E-state index is 0.00666. The summed E-state index contributed by atoms with van der Waals surface area (Å²) in [5, 5.41) is 0. The Hall–Kier alpha value is -1.18. The normalized spacial score (nSPS) is 43.2. The number of rotatable bonds is 4. The van der Waals surface area contributed by atoms with Gasteiger partial charge in [-0.3, -0.25) is 9.59 Å². The Balaban J connectivity index is 1.59. The van der Waals surface area contributed by atoms with Gasteiger partial charge in [0.15, 0.2) is 5.78 Å². The molecule has 0 saturated heterocycles. The summed E-state index contributed by atoms with van der Waals surface area (Å²) >= 11 is 0. The van der Waals surface area contributed by atoms with Gasteiger partial charge in [0, 0.05) is 18.8 Å². The van der Waals surface area contributed by atoms with E-state index in [2.05, 4.69) is 53.7 Å². The van der Waals surface area contributed by atoms with Crippen molar-refractivity contribution >= 4 is 11.6 Å². The van der Waals surface area contributed by atoms with Gasteiger partial charge in [0.25, 0.3) is 0 Å². The molecule has 166 valence electrons. The van der Waals surface area contributed by atoms with Gasteiger partial charge in [-0.1, -0.05) is 59.3 Å². The third-order valence-electron chi connectivity index (χ3n) is 10.2. The second-order valence-electron chi connectivity index (χ2n) is 12.0. The summed E-state index contributed by atoms with van der Waals surface area (Å²) in [4.78, 5) is 25.2. The molecular weight excluding hydrogens is 368 g/mol. The fourth-order valence-electron chi connectivity index (χ4n) is 7.77. The van der Waals surface area contributed by atoms with Crippen LogP contribution in [-0.2, 0) is 9.59 Å². The first kappa shape index (κ1) is 22.0. The zero-order valence-electron chi connectivity index (χ0n) is 20.0. The monoisotopic (exact) mass is 410 g/mol. The molecule has 4 aliphatic rings. The van der Waals surface area contributed by atoms with Gasteiger partial charge in [-0.15, -0.1) is 0 Å². The zero-order chi connectivity index (χ0) is 21.8.